The standard InChI is InChI=1S/C24H24ClF2N5O4/c1-15-7-9-32(31-14-24(26,27)20-4-2-3-8-28-20)22(34)19(15)11-21(33)29-13-17-10-18(25)6-5-16(17)12-30-23(35)36/h2-10,30-31H,11-14H2,1H3,(H,29,33)(H,35,36). The molecule has 3 aromatic rings. The molecule has 0 radical (unpaired) electrons. The number of carboxylic acid groups (broad SMARTS) is 1. The summed E-state index contributed by atoms with van der Waals surface area (Å²) in [7, 11) is 0. The third-order valence-corrected chi connectivity index (χ3v) is 5.58. The number of amides is 2. The van der Waals surface area contributed by atoms with Crippen LogP contribution in [-0.4, -0.2) is 33.3 Å². The second kappa shape index (κ2) is 11.6. The Kier molecular flexibility index (Phi) is 8.59. The minimum Gasteiger partial charge on any atom is -0.465 e. The van der Waals surface area contributed by atoms with Crippen LogP contribution in [-0.2, 0) is 30.2 Å². The summed E-state index contributed by atoms with van der Waals surface area (Å²) < 4.78 is 29.8. The Morgan fingerprint density at radius 2 is 1.86 bits per heavy atom. The molecule has 2 aromatic heterocycles. The number of aromatic nitrogens is 2. The fourth-order valence-corrected chi connectivity index (χ4v) is 3.58. The Bertz CT molecular complexity index is 1300. The molecule has 4 N–H and O–H groups in total. The van der Waals surface area contributed by atoms with Gasteiger partial charge in [0.05, 0.1) is 6.42 Å². The van der Waals surface area contributed by atoms with Gasteiger partial charge in [0.2, 0.25) is 5.91 Å². The van der Waals surface area contributed by atoms with E-state index in [9.17, 15) is 23.2 Å². The summed E-state index contributed by atoms with van der Waals surface area (Å²) in [6.07, 6.45) is 1.10. The van der Waals surface area contributed by atoms with E-state index in [-0.39, 0.29) is 25.1 Å². The zero-order chi connectivity index (χ0) is 26.3. The monoisotopic (exact) mass is 519 g/mol. The van der Waals surface area contributed by atoms with Crippen LogP contribution in [0.25, 0.3) is 0 Å². The van der Waals surface area contributed by atoms with E-state index in [1.54, 1.807) is 31.2 Å². The number of carbonyl (C=O) groups is 2. The second-order valence-electron chi connectivity index (χ2n) is 7.93. The van der Waals surface area contributed by atoms with Gasteiger partial charge in [-0.15, -0.1) is 0 Å². The Morgan fingerprint density at radius 1 is 1.11 bits per heavy atom. The molecule has 0 saturated heterocycles. The number of aryl methyl sites for hydroxylation is 1. The molecular weight excluding hydrogens is 496 g/mol. The number of nitrogens with one attached hydrogen (secondary N) is 3. The lowest BCUT2D eigenvalue weighted by molar-refractivity contribution is -0.120. The minimum atomic E-state index is -3.33. The molecule has 0 fully saturated rings. The zero-order valence-electron chi connectivity index (χ0n) is 19.2. The number of hydrogen-bond acceptors (Lipinski definition) is 5. The van der Waals surface area contributed by atoms with E-state index in [0.717, 1.165) is 4.68 Å². The van der Waals surface area contributed by atoms with E-state index in [1.807, 2.05) is 0 Å². The van der Waals surface area contributed by atoms with Gasteiger partial charge in [-0.3, -0.25) is 14.6 Å². The van der Waals surface area contributed by atoms with Crippen LogP contribution in [0.4, 0.5) is 13.6 Å². The largest absolute Gasteiger partial charge is 0.465 e. The van der Waals surface area contributed by atoms with Crippen molar-refractivity contribution < 1.29 is 23.5 Å². The van der Waals surface area contributed by atoms with Gasteiger partial charge in [0.15, 0.2) is 0 Å². The number of alkyl halides is 2. The molecule has 0 saturated carbocycles. The molecule has 1 aromatic carbocycles. The van der Waals surface area contributed by atoms with Crippen molar-refractivity contribution in [1.82, 2.24) is 20.3 Å². The normalized spacial score (nSPS) is 11.1. The number of pyridine rings is 2. The number of nitrogens with zero attached hydrogens (tertiary/aromatic N) is 2. The lowest BCUT2D eigenvalue weighted by Gasteiger charge is -2.19. The molecule has 0 bridgehead atoms. The topological polar surface area (TPSA) is 125 Å². The maximum Gasteiger partial charge on any atom is 0.404 e. The van der Waals surface area contributed by atoms with Crippen LogP contribution in [0.15, 0.2) is 59.7 Å². The first-order valence-corrected chi connectivity index (χ1v) is 11.2. The molecule has 9 nitrogen and oxygen atoms in total. The molecule has 0 spiro atoms. The lowest BCUT2D eigenvalue weighted by Crippen LogP contribution is -2.38. The predicted octanol–water partition coefficient (Wildman–Crippen LogP) is 3.17. The van der Waals surface area contributed by atoms with Crippen molar-refractivity contribution in [3.8, 4) is 0 Å². The molecule has 0 atom stereocenters. The SMILES string of the molecule is Cc1ccn(NCC(F)(F)c2ccccn2)c(=O)c1CC(=O)NCc1cc(Cl)ccc1CNC(=O)O. The highest BCUT2D eigenvalue weighted by Crippen LogP contribution is 2.25. The molecule has 2 heterocycles. The molecule has 12 heteroatoms. The molecule has 0 unspecified atom stereocenters. The van der Waals surface area contributed by atoms with Gasteiger partial charge in [0.25, 0.3) is 5.56 Å². The summed E-state index contributed by atoms with van der Waals surface area (Å²) >= 11 is 6.03. The number of benzene rings is 1. The third kappa shape index (κ3) is 7.01. The van der Waals surface area contributed by atoms with E-state index in [2.05, 4.69) is 21.0 Å². The van der Waals surface area contributed by atoms with Gasteiger partial charge < -0.3 is 21.2 Å². The Balaban J connectivity index is 1.68. The van der Waals surface area contributed by atoms with E-state index in [1.165, 1.54) is 30.6 Å². The molecule has 36 heavy (non-hydrogen) atoms. The van der Waals surface area contributed by atoms with Crippen molar-refractivity contribution in [1.29, 1.82) is 0 Å². The van der Waals surface area contributed by atoms with Crippen molar-refractivity contribution in [3.63, 3.8) is 0 Å². The van der Waals surface area contributed by atoms with Crippen LogP contribution < -0.4 is 21.6 Å². The number of carbonyl (C=O) groups excluding carboxylic acids is 1. The first kappa shape index (κ1) is 26.6. The molecular formula is C24H24ClF2N5O4. The van der Waals surface area contributed by atoms with Crippen molar-refractivity contribution in [2.75, 3.05) is 12.0 Å². The maximum absolute atomic E-state index is 14.4. The van der Waals surface area contributed by atoms with Crippen LogP contribution in [0.5, 0.6) is 0 Å². The first-order valence-electron chi connectivity index (χ1n) is 10.8. The van der Waals surface area contributed by atoms with Crippen molar-refractivity contribution in [2.45, 2.75) is 32.4 Å². The molecule has 2 amide bonds. The molecule has 0 aliphatic carbocycles. The van der Waals surface area contributed by atoms with Crippen LogP contribution in [0.1, 0.15) is 27.9 Å². The van der Waals surface area contributed by atoms with Crippen molar-refractivity contribution >= 4 is 23.6 Å². The summed E-state index contributed by atoms with van der Waals surface area (Å²) in [5, 5.41) is 14.2. The van der Waals surface area contributed by atoms with Crippen LogP contribution in [0.3, 0.4) is 0 Å². The van der Waals surface area contributed by atoms with Gasteiger partial charge in [0.1, 0.15) is 12.2 Å². The van der Waals surface area contributed by atoms with E-state index >= 15 is 0 Å². The predicted molar refractivity (Wildman–Crippen MR) is 130 cm³/mol. The molecule has 3 rings (SSSR count). The summed E-state index contributed by atoms with van der Waals surface area (Å²) in [5.74, 6) is -3.81. The van der Waals surface area contributed by atoms with Gasteiger partial charge in [-0.05, 0) is 53.9 Å². The van der Waals surface area contributed by atoms with E-state index in [4.69, 9.17) is 16.7 Å². The Morgan fingerprint density at radius 3 is 2.56 bits per heavy atom. The number of rotatable bonds is 10. The highest BCUT2D eigenvalue weighted by Gasteiger charge is 2.33. The highest BCUT2D eigenvalue weighted by atomic mass is 35.5. The van der Waals surface area contributed by atoms with Crippen molar-refractivity contribution in [2.24, 2.45) is 0 Å². The second-order valence-corrected chi connectivity index (χ2v) is 8.37. The quantitative estimate of drug-likeness (QED) is 0.326. The van der Waals surface area contributed by atoms with Gasteiger partial charge in [0, 0.05) is 36.1 Å². The number of halogens is 3. The average molecular weight is 520 g/mol. The number of hydrogen-bond donors (Lipinski definition) is 4. The van der Waals surface area contributed by atoms with Crippen molar-refractivity contribution in [3.05, 3.63) is 98.2 Å². The third-order valence-electron chi connectivity index (χ3n) is 5.35. The Labute approximate surface area is 210 Å². The van der Waals surface area contributed by atoms with E-state index < -0.39 is 35.7 Å². The van der Waals surface area contributed by atoms with E-state index in [0.29, 0.717) is 21.7 Å². The fraction of sp³-hybridized carbons (Fsp3) is 0.250. The zero-order valence-corrected chi connectivity index (χ0v) is 20.0. The fourth-order valence-electron chi connectivity index (χ4n) is 3.38. The summed E-state index contributed by atoms with van der Waals surface area (Å²) in [4.78, 5) is 40.0. The first-order chi connectivity index (χ1) is 17.1. The summed E-state index contributed by atoms with van der Waals surface area (Å²) in [5.41, 5.74) is 3.23. The molecule has 0 aliphatic heterocycles. The van der Waals surface area contributed by atoms with Crippen LogP contribution >= 0.6 is 11.6 Å². The van der Waals surface area contributed by atoms with Gasteiger partial charge in [-0.25, -0.2) is 9.47 Å². The Hall–Kier alpha value is -3.99. The lowest BCUT2D eigenvalue weighted by atomic mass is 10.1. The average Bonchev–Trinajstić information content (AvgIpc) is 2.84. The summed E-state index contributed by atoms with van der Waals surface area (Å²) in [6, 6.07) is 10.6. The van der Waals surface area contributed by atoms with Gasteiger partial charge in [-0.2, -0.15) is 8.78 Å². The van der Waals surface area contributed by atoms with Crippen LogP contribution in [0, 0.1) is 6.92 Å². The van der Waals surface area contributed by atoms with Gasteiger partial charge in [-0.1, -0.05) is 23.7 Å². The summed E-state index contributed by atoms with van der Waals surface area (Å²) in [6.45, 7) is 0.837. The van der Waals surface area contributed by atoms with Gasteiger partial charge >= 0.3 is 12.0 Å². The van der Waals surface area contributed by atoms with Crippen LogP contribution in [0.2, 0.25) is 5.02 Å². The molecule has 190 valence electrons. The molecule has 0 aliphatic rings. The maximum atomic E-state index is 14.4. The highest BCUT2D eigenvalue weighted by molar-refractivity contribution is 6.30. The smallest absolute Gasteiger partial charge is 0.404 e. The minimum absolute atomic E-state index is 0.0228.